The minimum absolute atomic E-state index is 0.211. The van der Waals surface area contributed by atoms with E-state index < -0.39 is 24.4 Å². The fourth-order valence-electron chi connectivity index (χ4n) is 2.12. The molecule has 15 heavy (non-hydrogen) atoms. The molecular formula is C10H17F2NO2. The SMILES string of the molecule is CC[C@H](C(=O)O)N1CCC[C@H](C(F)F)C1. The summed E-state index contributed by atoms with van der Waals surface area (Å²) in [6, 6.07) is -0.605. The second-order valence-corrected chi connectivity index (χ2v) is 3.99. The number of piperidine rings is 1. The summed E-state index contributed by atoms with van der Waals surface area (Å²) in [5.41, 5.74) is 0. The molecule has 1 aliphatic heterocycles. The molecule has 0 aromatic carbocycles. The van der Waals surface area contributed by atoms with Crippen molar-refractivity contribution in [3.63, 3.8) is 0 Å². The monoisotopic (exact) mass is 221 g/mol. The topological polar surface area (TPSA) is 40.5 Å². The number of alkyl halides is 2. The van der Waals surface area contributed by atoms with Crippen LogP contribution in [0.15, 0.2) is 0 Å². The van der Waals surface area contributed by atoms with Gasteiger partial charge in [-0.1, -0.05) is 6.92 Å². The van der Waals surface area contributed by atoms with Crippen LogP contribution in [0.5, 0.6) is 0 Å². The van der Waals surface area contributed by atoms with Crippen molar-refractivity contribution in [1.82, 2.24) is 4.90 Å². The molecular weight excluding hydrogens is 204 g/mol. The normalized spacial score (nSPS) is 25.5. The third-order valence-electron chi connectivity index (χ3n) is 2.96. The smallest absolute Gasteiger partial charge is 0.320 e. The first-order chi connectivity index (χ1) is 7.06. The molecule has 0 aromatic rings. The van der Waals surface area contributed by atoms with Crippen LogP contribution >= 0.6 is 0 Å². The van der Waals surface area contributed by atoms with Gasteiger partial charge in [0.05, 0.1) is 0 Å². The van der Waals surface area contributed by atoms with Gasteiger partial charge in [0.1, 0.15) is 6.04 Å². The lowest BCUT2D eigenvalue weighted by molar-refractivity contribution is -0.144. The van der Waals surface area contributed by atoms with Crippen molar-refractivity contribution < 1.29 is 18.7 Å². The Kier molecular flexibility index (Phi) is 4.45. The van der Waals surface area contributed by atoms with Crippen LogP contribution in [0.2, 0.25) is 0 Å². The molecule has 1 N–H and O–H groups in total. The predicted octanol–water partition coefficient (Wildman–Crippen LogP) is 1.83. The Morgan fingerprint density at radius 3 is 2.73 bits per heavy atom. The Bertz CT molecular complexity index is 223. The highest BCUT2D eigenvalue weighted by molar-refractivity contribution is 5.73. The Balaban J connectivity index is 2.58. The molecule has 0 radical (unpaired) electrons. The molecule has 2 atom stereocenters. The maximum Gasteiger partial charge on any atom is 0.320 e. The molecule has 0 aliphatic carbocycles. The average molecular weight is 221 g/mol. The molecule has 88 valence electrons. The highest BCUT2D eigenvalue weighted by Crippen LogP contribution is 2.24. The van der Waals surface area contributed by atoms with Crippen LogP contribution in [0.4, 0.5) is 8.78 Å². The lowest BCUT2D eigenvalue weighted by Gasteiger charge is -2.35. The zero-order valence-electron chi connectivity index (χ0n) is 8.83. The first-order valence-electron chi connectivity index (χ1n) is 5.31. The lowest BCUT2D eigenvalue weighted by atomic mass is 9.96. The Hall–Kier alpha value is -0.710. The molecule has 1 heterocycles. The summed E-state index contributed by atoms with van der Waals surface area (Å²) in [6.45, 7) is 2.60. The number of halogens is 2. The third-order valence-corrected chi connectivity index (χ3v) is 2.96. The van der Waals surface area contributed by atoms with Crippen LogP contribution in [-0.2, 0) is 4.79 Å². The van der Waals surface area contributed by atoms with E-state index in [4.69, 9.17) is 5.11 Å². The van der Waals surface area contributed by atoms with E-state index in [2.05, 4.69) is 0 Å². The minimum Gasteiger partial charge on any atom is -0.480 e. The van der Waals surface area contributed by atoms with Crippen LogP contribution < -0.4 is 0 Å². The molecule has 1 saturated heterocycles. The first kappa shape index (κ1) is 12.4. The number of hydrogen-bond acceptors (Lipinski definition) is 2. The van der Waals surface area contributed by atoms with Gasteiger partial charge in [0.2, 0.25) is 6.43 Å². The number of rotatable bonds is 4. The number of carboxylic acids is 1. The van der Waals surface area contributed by atoms with E-state index in [1.54, 1.807) is 11.8 Å². The van der Waals surface area contributed by atoms with Crippen LogP contribution in [0.25, 0.3) is 0 Å². The Morgan fingerprint density at radius 1 is 1.60 bits per heavy atom. The van der Waals surface area contributed by atoms with Crippen molar-refractivity contribution in [2.24, 2.45) is 5.92 Å². The summed E-state index contributed by atoms with van der Waals surface area (Å²) in [5, 5.41) is 8.92. The first-order valence-corrected chi connectivity index (χ1v) is 5.31. The second kappa shape index (κ2) is 5.39. The number of carboxylic acid groups (broad SMARTS) is 1. The standard InChI is InChI=1S/C10H17F2NO2/c1-2-8(10(14)15)13-5-3-4-7(6-13)9(11)12/h7-9H,2-6H2,1H3,(H,14,15)/t7-,8+/m0/s1. The number of carbonyl (C=O) groups is 1. The van der Waals surface area contributed by atoms with Gasteiger partial charge in [0, 0.05) is 12.5 Å². The van der Waals surface area contributed by atoms with Crippen molar-refractivity contribution >= 4 is 5.97 Å². The molecule has 0 aromatic heterocycles. The maximum absolute atomic E-state index is 12.5. The minimum atomic E-state index is -2.33. The van der Waals surface area contributed by atoms with E-state index >= 15 is 0 Å². The van der Waals surface area contributed by atoms with E-state index in [0.717, 1.165) is 0 Å². The molecule has 0 saturated carbocycles. The molecule has 5 heteroatoms. The average Bonchev–Trinajstić information content (AvgIpc) is 2.18. The van der Waals surface area contributed by atoms with Gasteiger partial charge in [-0.3, -0.25) is 9.69 Å². The summed E-state index contributed by atoms with van der Waals surface area (Å²) >= 11 is 0. The molecule has 1 fully saturated rings. The van der Waals surface area contributed by atoms with Crippen LogP contribution in [0.1, 0.15) is 26.2 Å². The zero-order valence-corrected chi connectivity index (χ0v) is 8.83. The van der Waals surface area contributed by atoms with Gasteiger partial charge in [0.25, 0.3) is 0 Å². The summed E-state index contributed by atoms with van der Waals surface area (Å²) < 4.78 is 25.0. The van der Waals surface area contributed by atoms with Gasteiger partial charge in [0.15, 0.2) is 0 Å². The van der Waals surface area contributed by atoms with Gasteiger partial charge in [-0.2, -0.15) is 0 Å². The van der Waals surface area contributed by atoms with Gasteiger partial charge in [-0.05, 0) is 25.8 Å². The maximum atomic E-state index is 12.5. The number of hydrogen-bond donors (Lipinski definition) is 1. The molecule has 0 spiro atoms. The highest BCUT2D eigenvalue weighted by Gasteiger charge is 2.32. The third kappa shape index (κ3) is 3.12. The fourth-order valence-corrected chi connectivity index (χ4v) is 2.12. The summed E-state index contributed by atoms with van der Waals surface area (Å²) in [7, 11) is 0. The second-order valence-electron chi connectivity index (χ2n) is 3.99. The molecule has 3 nitrogen and oxygen atoms in total. The van der Waals surface area contributed by atoms with Crippen LogP contribution in [-0.4, -0.2) is 41.5 Å². The Labute approximate surface area is 88.1 Å². The largest absolute Gasteiger partial charge is 0.480 e. The van der Waals surface area contributed by atoms with E-state index in [-0.39, 0.29) is 6.54 Å². The van der Waals surface area contributed by atoms with Gasteiger partial charge >= 0.3 is 5.97 Å². The molecule has 1 aliphatic rings. The molecule has 1 rings (SSSR count). The van der Waals surface area contributed by atoms with Crippen LogP contribution in [0, 0.1) is 5.92 Å². The molecule has 0 unspecified atom stereocenters. The quantitative estimate of drug-likeness (QED) is 0.787. The van der Waals surface area contributed by atoms with E-state index in [0.29, 0.717) is 25.8 Å². The summed E-state index contributed by atoms with van der Waals surface area (Å²) in [6.07, 6.45) is -0.701. The van der Waals surface area contributed by atoms with Crippen LogP contribution in [0.3, 0.4) is 0 Å². The summed E-state index contributed by atoms with van der Waals surface area (Å²) in [4.78, 5) is 12.5. The van der Waals surface area contributed by atoms with E-state index in [9.17, 15) is 13.6 Å². The number of aliphatic carboxylic acids is 1. The van der Waals surface area contributed by atoms with Crippen molar-refractivity contribution in [1.29, 1.82) is 0 Å². The van der Waals surface area contributed by atoms with E-state index in [1.165, 1.54) is 0 Å². The zero-order chi connectivity index (χ0) is 11.4. The van der Waals surface area contributed by atoms with Gasteiger partial charge < -0.3 is 5.11 Å². The highest BCUT2D eigenvalue weighted by atomic mass is 19.3. The van der Waals surface area contributed by atoms with Gasteiger partial charge in [-0.15, -0.1) is 0 Å². The Morgan fingerprint density at radius 2 is 2.27 bits per heavy atom. The van der Waals surface area contributed by atoms with Gasteiger partial charge in [-0.25, -0.2) is 8.78 Å². The van der Waals surface area contributed by atoms with Crippen molar-refractivity contribution in [3.8, 4) is 0 Å². The number of likely N-dealkylation sites (tertiary alicyclic amines) is 1. The van der Waals surface area contributed by atoms with Crippen molar-refractivity contribution in [2.75, 3.05) is 13.1 Å². The summed E-state index contributed by atoms with van der Waals surface area (Å²) in [5.74, 6) is -1.57. The van der Waals surface area contributed by atoms with Crippen molar-refractivity contribution in [2.45, 2.75) is 38.7 Å². The molecule has 0 amide bonds. The number of nitrogens with zero attached hydrogens (tertiary/aromatic N) is 1. The lowest BCUT2D eigenvalue weighted by Crippen LogP contribution is -2.47. The molecule has 0 bridgehead atoms. The van der Waals surface area contributed by atoms with E-state index in [1.807, 2.05) is 0 Å². The fraction of sp³-hybridized carbons (Fsp3) is 0.900. The predicted molar refractivity (Wildman–Crippen MR) is 52.0 cm³/mol. The van der Waals surface area contributed by atoms with Crippen molar-refractivity contribution in [3.05, 3.63) is 0 Å².